The Morgan fingerprint density at radius 1 is 1.17 bits per heavy atom. The second-order valence-electron chi connectivity index (χ2n) is 5.39. The van der Waals surface area contributed by atoms with E-state index in [9.17, 15) is 4.79 Å². The molecule has 0 unspecified atom stereocenters. The van der Waals surface area contributed by atoms with E-state index in [1.807, 2.05) is 30.3 Å². The van der Waals surface area contributed by atoms with Crippen LogP contribution in [0.2, 0.25) is 0 Å². The van der Waals surface area contributed by atoms with Gasteiger partial charge in [-0.15, -0.1) is 11.3 Å². The average molecular weight is 338 g/mol. The molecule has 1 amide bonds. The molecule has 0 saturated carbocycles. The number of nitrogens with zero attached hydrogens (tertiary/aromatic N) is 2. The maximum atomic E-state index is 12.5. The summed E-state index contributed by atoms with van der Waals surface area (Å²) in [6, 6.07) is 15.0. The van der Waals surface area contributed by atoms with Crippen molar-refractivity contribution in [3.63, 3.8) is 0 Å². The lowest BCUT2D eigenvalue weighted by Gasteiger charge is -2.13. The minimum Gasteiger partial charge on any atom is -0.467 e. The normalized spacial score (nSPS) is 11.0. The topological polar surface area (TPSA) is 59.5 Å². The van der Waals surface area contributed by atoms with Crippen molar-refractivity contribution < 1.29 is 13.6 Å². The number of para-hydroxylation sites is 1. The van der Waals surface area contributed by atoms with E-state index >= 15 is 0 Å². The number of fused-ring (bicyclic) bond motifs is 1. The van der Waals surface area contributed by atoms with Crippen molar-refractivity contribution in [2.45, 2.75) is 6.54 Å². The highest BCUT2D eigenvalue weighted by Gasteiger charge is 2.19. The lowest BCUT2D eigenvalue weighted by molar-refractivity contribution is 0.0744. The highest BCUT2D eigenvalue weighted by molar-refractivity contribution is 7.21. The number of furan rings is 2. The van der Waals surface area contributed by atoms with Crippen LogP contribution in [-0.2, 0) is 6.54 Å². The molecule has 0 fully saturated rings. The van der Waals surface area contributed by atoms with Crippen molar-refractivity contribution in [2.75, 3.05) is 7.05 Å². The van der Waals surface area contributed by atoms with Gasteiger partial charge in [0, 0.05) is 7.05 Å². The fourth-order valence-electron chi connectivity index (χ4n) is 2.44. The van der Waals surface area contributed by atoms with E-state index in [2.05, 4.69) is 4.98 Å². The molecule has 6 heteroatoms. The summed E-state index contributed by atoms with van der Waals surface area (Å²) in [4.78, 5) is 18.6. The van der Waals surface area contributed by atoms with Crippen LogP contribution in [0.25, 0.3) is 21.0 Å². The first-order chi connectivity index (χ1) is 11.7. The fourth-order valence-corrected chi connectivity index (χ4v) is 3.37. The first-order valence-corrected chi connectivity index (χ1v) is 8.26. The summed E-state index contributed by atoms with van der Waals surface area (Å²) in [7, 11) is 1.71. The Labute approximate surface area is 142 Å². The number of rotatable bonds is 4. The van der Waals surface area contributed by atoms with Gasteiger partial charge in [0.05, 0.1) is 23.0 Å². The highest BCUT2D eigenvalue weighted by atomic mass is 32.1. The molecule has 4 rings (SSSR count). The van der Waals surface area contributed by atoms with Crippen molar-refractivity contribution in [2.24, 2.45) is 0 Å². The van der Waals surface area contributed by atoms with Gasteiger partial charge in [-0.2, -0.15) is 0 Å². The zero-order chi connectivity index (χ0) is 16.5. The molecule has 0 atom stereocenters. The summed E-state index contributed by atoms with van der Waals surface area (Å²) in [6.45, 7) is 0.392. The highest BCUT2D eigenvalue weighted by Crippen LogP contribution is 2.31. The van der Waals surface area contributed by atoms with Gasteiger partial charge in [-0.25, -0.2) is 4.98 Å². The standard InChI is InChI=1S/C18H14N2O3S/c1-20(11-12-5-4-10-22-12)18(21)15-9-8-14(23-15)17-19-13-6-2-3-7-16(13)24-17/h2-10H,11H2,1H3. The molecule has 0 aliphatic heterocycles. The fraction of sp³-hybridized carbons (Fsp3) is 0.111. The number of amides is 1. The van der Waals surface area contributed by atoms with Gasteiger partial charge in [0.25, 0.3) is 5.91 Å². The second kappa shape index (κ2) is 5.98. The Morgan fingerprint density at radius 3 is 2.83 bits per heavy atom. The van der Waals surface area contributed by atoms with Gasteiger partial charge in [0.1, 0.15) is 5.76 Å². The molecule has 0 saturated heterocycles. The maximum Gasteiger partial charge on any atom is 0.289 e. The quantitative estimate of drug-likeness (QED) is 0.552. The summed E-state index contributed by atoms with van der Waals surface area (Å²) in [5.74, 6) is 1.42. The smallest absolute Gasteiger partial charge is 0.289 e. The summed E-state index contributed by atoms with van der Waals surface area (Å²) in [5.41, 5.74) is 0.928. The summed E-state index contributed by atoms with van der Waals surface area (Å²) in [5, 5.41) is 0.768. The molecular weight excluding hydrogens is 324 g/mol. The number of carbonyl (C=O) groups excluding carboxylic acids is 1. The van der Waals surface area contributed by atoms with E-state index in [-0.39, 0.29) is 5.91 Å². The van der Waals surface area contributed by atoms with Crippen molar-refractivity contribution in [1.82, 2.24) is 9.88 Å². The molecule has 0 spiro atoms. The molecule has 0 aliphatic rings. The van der Waals surface area contributed by atoms with Crippen molar-refractivity contribution in [3.05, 3.63) is 66.3 Å². The molecule has 0 aliphatic carbocycles. The zero-order valence-corrected chi connectivity index (χ0v) is 13.7. The largest absolute Gasteiger partial charge is 0.467 e. The lowest BCUT2D eigenvalue weighted by Crippen LogP contribution is -2.25. The predicted molar refractivity (Wildman–Crippen MR) is 91.8 cm³/mol. The molecule has 0 bridgehead atoms. The number of benzene rings is 1. The van der Waals surface area contributed by atoms with E-state index in [4.69, 9.17) is 8.83 Å². The van der Waals surface area contributed by atoms with Gasteiger partial charge >= 0.3 is 0 Å². The summed E-state index contributed by atoms with van der Waals surface area (Å²) < 4.78 is 12.1. The zero-order valence-electron chi connectivity index (χ0n) is 12.9. The molecular formula is C18H14N2O3S. The monoisotopic (exact) mass is 338 g/mol. The number of carbonyl (C=O) groups is 1. The molecule has 4 aromatic rings. The summed E-state index contributed by atoms with van der Waals surface area (Å²) >= 11 is 1.54. The number of aromatic nitrogens is 1. The Kier molecular flexibility index (Phi) is 3.66. The van der Waals surface area contributed by atoms with Crippen LogP contribution in [0.3, 0.4) is 0 Å². The van der Waals surface area contributed by atoms with E-state index in [0.29, 0.717) is 18.1 Å². The Bertz CT molecular complexity index is 952. The minimum absolute atomic E-state index is 0.196. The SMILES string of the molecule is CN(Cc1ccco1)C(=O)c1ccc(-c2nc3ccccc3s2)o1. The number of thiazole rings is 1. The van der Waals surface area contributed by atoms with Crippen LogP contribution < -0.4 is 0 Å². The van der Waals surface area contributed by atoms with Crippen molar-refractivity contribution in [1.29, 1.82) is 0 Å². The van der Waals surface area contributed by atoms with E-state index in [1.54, 1.807) is 47.7 Å². The van der Waals surface area contributed by atoms with Crippen LogP contribution in [0.5, 0.6) is 0 Å². The van der Waals surface area contributed by atoms with E-state index in [1.165, 1.54) is 0 Å². The lowest BCUT2D eigenvalue weighted by atomic mass is 10.3. The van der Waals surface area contributed by atoms with E-state index < -0.39 is 0 Å². The second-order valence-corrected chi connectivity index (χ2v) is 6.42. The molecule has 1 aromatic carbocycles. The molecule has 24 heavy (non-hydrogen) atoms. The number of hydrogen-bond donors (Lipinski definition) is 0. The van der Waals surface area contributed by atoms with Gasteiger partial charge in [0.2, 0.25) is 0 Å². The average Bonchev–Trinajstić information content (AvgIpc) is 3.33. The Hall–Kier alpha value is -2.86. The third kappa shape index (κ3) is 2.72. The maximum absolute atomic E-state index is 12.5. The van der Waals surface area contributed by atoms with Gasteiger partial charge in [-0.05, 0) is 36.4 Å². The first kappa shape index (κ1) is 14.7. The molecule has 0 N–H and O–H groups in total. The van der Waals surface area contributed by atoms with Gasteiger partial charge < -0.3 is 13.7 Å². The van der Waals surface area contributed by atoms with Crippen LogP contribution in [0.15, 0.2) is 63.6 Å². The third-order valence-electron chi connectivity index (χ3n) is 3.64. The van der Waals surface area contributed by atoms with Crippen LogP contribution >= 0.6 is 11.3 Å². The molecule has 3 aromatic heterocycles. The minimum atomic E-state index is -0.196. The van der Waals surface area contributed by atoms with Gasteiger partial charge in [-0.3, -0.25) is 4.79 Å². The van der Waals surface area contributed by atoms with Crippen LogP contribution in [0.4, 0.5) is 0 Å². The summed E-state index contributed by atoms with van der Waals surface area (Å²) in [6.07, 6.45) is 1.59. The Balaban J connectivity index is 1.56. The van der Waals surface area contributed by atoms with Crippen molar-refractivity contribution >= 4 is 27.5 Å². The van der Waals surface area contributed by atoms with Crippen LogP contribution in [0.1, 0.15) is 16.3 Å². The first-order valence-electron chi connectivity index (χ1n) is 7.44. The van der Waals surface area contributed by atoms with Crippen LogP contribution in [0, 0.1) is 0 Å². The number of hydrogen-bond acceptors (Lipinski definition) is 5. The Morgan fingerprint density at radius 2 is 2.04 bits per heavy atom. The van der Waals surface area contributed by atoms with Gasteiger partial charge in [0.15, 0.2) is 16.5 Å². The van der Waals surface area contributed by atoms with Crippen molar-refractivity contribution in [3.8, 4) is 10.8 Å². The van der Waals surface area contributed by atoms with E-state index in [0.717, 1.165) is 21.0 Å². The predicted octanol–water partition coefficient (Wildman–Crippen LogP) is 4.42. The third-order valence-corrected chi connectivity index (χ3v) is 4.69. The van der Waals surface area contributed by atoms with Crippen LogP contribution in [-0.4, -0.2) is 22.8 Å². The molecule has 120 valence electrons. The molecule has 3 heterocycles. The van der Waals surface area contributed by atoms with Gasteiger partial charge in [-0.1, -0.05) is 12.1 Å². The molecule has 5 nitrogen and oxygen atoms in total. The molecule has 0 radical (unpaired) electrons.